The second-order valence-corrected chi connectivity index (χ2v) is 6.95. The molecule has 1 heterocycles. The summed E-state index contributed by atoms with van der Waals surface area (Å²) in [5.41, 5.74) is 3.17. The number of benzene rings is 2. The van der Waals surface area contributed by atoms with E-state index < -0.39 is 0 Å². The van der Waals surface area contributed by atoms with E-state index in [1.165, 1.54) is 19.3 Å². The molecule has 1 aliphatic rings. The van der Waals surface area contributed by atoms with Gasteiger partial charge in [0.05, 0.1) is 17.2 Å². The molecule has 2 aromatic carbocycles. The summed E-state index contributed by atoms with van der Waals surface area (Å²) in [6, 6.07) is 18.2. The zero-order valence-electron chi connectivity index (χ0n) is 14.8. The minimum absolute atomic E-state index is 0.0148. The van der Waals surface area contributed by atoms with Crippen molar-refractivity contribution in [1.82, 2.24) is 14.9 Å². The Morgan fingerprint density at radius 1 is 0.923 bits per heavy atom. The Morgan fingerprint density at radius 3 is 2.38 bits per heavy atom. The van der Waals surface area contributed by atoms with Gasteiger partial charge in [0.25, 0.3) is 5.91 Å². The average Bonchev–Trinajstić information content (AvgIpc) is 2.72. The van der Waals surface area contributed by atoms with Gasteiger partial charge >= 0.3 is 0 Å². The topological polar surface area (TPSA) is 46.1 Å². The standard InChI is InChI=1S/C22H23N3O/c26-22(21-15-23-19-13-7-8-14-20(19)24-21)25(18-11-5-2-6-12-18)16-17-9-3-1-4-10-17/h1,3-4,7-10,13-15,18H,2,5-6,11-12,16H2. The van der Waals surface area contributed by atoms with E-state index in [0.29, 0.717) is 12.2 Å². The first-order valence-electron chi connectivity index (χ1n) is 9.38. The van der Waals surface area contributed by atoms with Crippen molar-refractivity contribution in [3.8, 4) is 0 Å². The van der Waals surface area contributed by atoms with Gasteiger partial charge < -0.3 is 4.90 Å². The van der Waals surface area contributed by atoms with Gasteiger partial charge in [0.15, 0.2) is 0 Å². The number of amides is 1. The van der Waals surface area contributed by atoms with Crippen LogP contribution in [0.1, 0.15) is 48.2 Å². The van der Waals surface area contributed by atoms with Gasteiger partial charge in [-0.15, -0.1) is 0 Å². The van der Waals surface area contributed by atoms with Crippen LogP contribution in [-0.4, -0.2) is 26.8 Å². The highest BCUT2D eigenvalue weighted by molar-refractivity contribution is 5.94. The molecule has 1 amide bonds. The molecule has 1 saturated carbocycles. The molecule has 1 aliphatic carbocycles. The highest BCUT2D eigenvalue weighted by Crippen LogP contribution is 2.25. The third-order valence-electron chi connectivity index (χ3n) is 5.14. The monoisotopic (exact) mass is 345 g/mol. The number of aromatic nitrogens is 2. The van der Waals surface area contributed by atoms with Crippen molar-refractivity contribution in [1.29, 1.82) is 0 Å². The Hall–Kier alpha value is -2.75. The molecule has 4 nitrogen and oxygen atoms in total. The van der Waals surface area contributed by atoms with Gasteiger partial charge in [-0.05, 0) is 30.5 Å². The summed E-state index contributed by atoms with van der Waals surface area (Å²) in [6.45, 7) is 0.624. The molecule has 0 atom stereocenters. The number of hydrogen-bond donors (Lipinski definition) is 0. The maximum atomic E-state index is 13.3. The smallest absolute Gasteiger partial charge is 0.274 e. The molecule has 26 heavy (non-hydrogen) atoms. The van der Waals surface area contributed by atoms with Crippen LogP contribution in [0.2, 0.25) is 0 Å². The Kier molecular flexibility index (Phi) is 4.91. The fourth-order valence-electron chi connectivity index (χ4n) is 3.75. The summed E-state index contributed by atoms with van der Waals surface area (Å²) >= 11 is 0. The SMILES string of the molecule is O=C(c1cnc2ccccc2n1)N(Cc1ccccc1)C1CCCCC1. The fourth-order valence-corrected chi connectivity index (χ4v) is 3.75. The van der Waals surface area contributed by atoms with Gasteiger partial charge in [-0.2, -0.15) is 0 Å². The zero-order chi connectivity index (χ0) is 17.8. The van der Waals surface area contributed by atoms with Crippen molar-refractivity contribution in [2.24, 2.45) is 0 Å². The number of hydrogen-bond acceptors (Lipinski definition) is 3. The third-order valence-corrected chi connectivity index (χ3v) is 5.14. The first-order valence-corrected chi connectivity index (χ1v) is 9.38. The molecule has 132 valence electrons. The molecule has 1 aromatic heterocycles. The second kappa shape index (κ2) is 7.65. The van der Waals surface area contributed by atoms with Gasteiger partial charge in [0, 0.05) is 12.6 Å². The Labute approximate surface area is 153 Å². The molecule has 0 spiro atoms. The maximum Gasteiger partial charge on any atom is 0.274 e. The highest BCUT2D eigenvalue weighted by atomic mass is 16.2. The normalized spacial score (nSPS) is 15.1. The lowest BCUT2D eigenvalue weighted by atomic mass is 9.93. The van der Waals surface area contributed by atoms with Crippen molar-refractivity contribution in [2.75, 3.05) is 0 Å². The summed E-state index contributed by atoms with van der Waals surface area (Å²) < 4.78 is 0. The van der Waals surface area contributed by atoms with Crippen LogP contribution in [0.5, 0.6) is 0 Å². The van der Waals surface area contributed by atoms with Crippen molar-refractivity contribution in [3.05, 3.63) is 72.1 Å². The van der Waals surface area contributed by atoms with Gasteiger partial charge in [-0.1, -0.05) is 61.7 Å². The number of para-hydroxylation sites is 2. The molecule has 0 saturated heterocycles. The lowest BCUT2D eigenvalue weighted by Gasteiger charge is -2.34. The Balaban J connectivity index is 1.65. The van der Waals surface area contributed by atoms with Gasteiger partial charge in [-0.25, -0.2) is 4.98 Å². The van der Waals surface area contributed by atoms with E-state index in [0.717, 1.165) is 29.4 Å². The first kappa shape index (κ1) is 16.7. The van der Waals surface area contributed by atoms with Crippen LogP contribution in [0, 0.1) is 0 Å². The number of nitrogens with zero attached hydrogens (tertiary/aromatic N) is 3. The molecular weight excluding hydrogens is 322 g/mol. The van der Waals surface area contributed by atoms with Crippen molar-refractivity contribution in [2.45, 2.75) is 44.7 Å². The zero-order valence-corrected chi connectivity index (χ0v) is 14.8. The number of rotatable bonds is 4. The number of carbonyl (C=O) groups excluding carboxylic acids is 1. The van der Waals surface area contributed by atoms with E-state index in [1.54, 1.807) is 6.20 Å². The largest absolute Gasteiger partial charge is 0.330 e. The molecule has 0 unspecified atom stereocenters. The molecule has 0 N–H and O–H groups in total. The summed E-state index contributed by atoms with van der Waals surface area (Å²) in [7, 11) is 0. The number of carbonyl (C=O) groups is 1. The lowest BCUT2D eigenvalue weighted by Crippen LogP contribution is -2.41. The maximum absolute atomic E-state index is 13.3. The lowest BCUT2D eigenvalue weighted by molar-refractivity contribution is 0.0608. The predicted octanol–water partition coefficient (Wildman–Crippen LogP) is 4.60. The van der Waals surface area contributed by atoms with Crippen LogP contribution >= 0.6 is 0 Å². The third kappa shape index (κ3) is 3.59. The second-order valence-electron chi connectivity index (χ2n) is 6.95. The summed E-state index contributed by atoms with van der Waals surface area (Å²) in [5, 5.41) is 0. The van der Waals surface area contributed by atoms with Crippen LogP contribution in [0.4, 0.5) is 0 Å². The van der Waals surface area contributed by atoms with E-state index in [2.05, 4.69) is 22.1 Å². The van der Waals surface area contributed by atoms with E-state index >= 15 is 0 Å². The van der Waals surface area contributed by atoms with Crippen LogP contribution in [0.25, 0.3) is 11.0 Å². The summed E-state index contributed by atoms with van der Waals surface area (Å²) in [5.74, 6) is -0.0148. The Bertz CT molecular complexity index is 888. The van der Waals surface area contributed by atoms with Crippen molar-refractivity contribution in [3.63, 3.8) is 0 Å². The minimum Gasteiger partial charge on any atom is -0.330 e. The highest BCUT2D eigenvalue weighted by Gasteiger charge is 2.27. The van der Waals surface area contributed by atoms with E-state index in [9.17, 15) is 4.79 Å². The van der Waals surface area contributed by atoms with Crippen LogP contribution < -0.4 is 0 Å². The van der Waals surface area contributed by atoms with E-state index in [-0.39, 0.29) is 11.9 Å². The van der Waals surface area contributed by atoms with Gasteiger partial charge in [0.2, 0.25) is 0 Å². The van der Waals surface area contributed by atoms with Crippen molar-refractivity contribution >= 4 is 16.9 Å². The molecular formula is C22H23N3O. The molecule has 0 bridgehead atoms. The first-order chi connectivity index (χ1) is 12.8. The molecule has 0 aliphatic heterocycles. The minimum atomic E-state index is -0.0148. The van der Waals surface area contributed by atoms with Crippen molar-refractivity contribution < 1.29 is 4.79 Å². The van der Waals surface area contributed by atoms with Gasteiger partial charge in [0.1, 0.15) is 5.69 Å². The van der Waals surface area contributed by atoms with Crippen LogP contribution in [0.3, 0.4) is 0 Å². The molecule has 1 fully saturated rings. The number of fused-ring (bicyclic) bond motifs is 1. The predicted molar refractivity (Wildman–Crippen MR) is 103 cm³/mol. The van der Waals surface area contributed by atoms with E-state index in [1.807, 2.05) is 47.4 Å². The fraction of sp³-hybridized carbons (Fsp3) is 0.318. The average molecular weight is 345 g/mol. The van der Waals surface area contributed by atoms with Crippen LogP contribution in [-0.2, 0) is 6.54 Å². The Morgan fingerprint density at radius 2 is 1.62 bits per heavy atom. The molecule has 0 radical (unpaired) electrons. The van der Waals surface area contributed by atoms with Gasteiger partial charge in [-0.3, -0.25) is 9.78 Å². The summed E-state index contributed by atoms with van der Waals surface area (Å²) in [4.78, 5) is 24.3. The van der Waals surface area contributed by atoms with E-state index in [4.69, 9.17) is 0 Å². The van der Waals surface area contributed by atoms with Crippen LogP contribution in [0.15, 0.2) is 60.8 Å². The summed E-state index contributed by atoms with van der Waals surface area (Å²) in [6.07, 6.45) is 7.39. The molecule has 4 heteroatoms. The molecule has 4 rings (SSSR count). The molecule has 3 aromatic rings. The quantitative estimate of drug-likeness (QED) is 0.694.